The molecule has 0 amide bonds. The topological polar surface area (TPSA) is 77.8 Å². The summed E-state index contributed by atoms with van der Waals surface area (Å²) in [4.78, 5) is 11.4. The lowest BCUT2D eigenvalue weighted by molar-refractivity contribution is 0.0691. The lowest BCUT2D eigenvalue weighted by Crippen LogP contribution is -2.09. The Morgan fingerprint density at radius 3 is 1.95 bits per heavy atom. The number of aromatic hydroxyl groups is 2. The van der Waals surface area contributed by atoms with Crippen LogP contribution in [0.15, 0.2) is 0 Å². The van der Waals surface area contributed by atoms with Crippen LogP contribution in [-0.2, 0) is 12.8 Å². The quantitative estimate of drug-likeness (QED) is 0.483. The van der Waals surface area contributed by atoms with Crippen molar-refractivity contribution in [3.05, 3.63) is 20.3 Å². The molecule has 0 aliphatic heterocycles. The van der Waals surface area contributed by atoms with Gasteiger partial charge in [0.25, 0.3) is 0 Å². The first-order valence-electron chi connectivity index (χ1n) is 6.94. The molecule has 0 saturated heterocycles. The molecule has 0 aromatic heterocycles. The average molecular weight is 392 g/mol. The molecule has 0 fully saturated rings. The standard InChI is InChI=1S/C15H21IO4/c1-3-5-7-9-10(8-6-4-2)12(16)14(18)13(17)11(9)15(19)20/h17-18H,3-8H2,1-2H3,(H,19,20). The number of rotatable bonds is 7. The van der Waals surface area contributed by atoms with E-state index < -0.39 is 11.7 Å². The first kappa shape index (κ1) is 17.1. The van der Waals surface area contributed by atoms with E-state index in [9.17, 15) is 20.1 Å². The van der Waals surface area contributed by atoms with Gasteiger partial charge in [0.15, 0.2) is 11.5 Å². The summed E-state index contributed by atoms with van der Waals surface area (Å²) in [5.41, 5.74) is 1.41. The Balaban J connectivity index is 3.47. The largest absolute Gasteiger partial charge is 0.504 e. The second-order valence-electron chi connectivity index (χ2n) is 4.86. The second-order valence-corrected chi connectivity index (χ2v) is 5.93. The van der Waals surface area contributed by atoms with Crippen molar-refractivity contribution in [1.82, 2.24) is 0 Å². The molecule has 1 rings (SSSR count). The van der Waals surface area contributed by atoms with E-state index in [0.717, 1.165) is 37.7 Å². The zero-order valence-electron chi connectivity index (χ0n) is 11.9. The summed E-state index contributed by atoms with van der Waals surface area (Å²) >= 11 is 1.98. The molecule has 0 bridgehead atoms. The first-order valence-corrected chi connectivity index (χ1v) is 8.01. The molecule has 0 heterocycles. The molecule has 3 N–H and O–H groups in total. The minimum absolute atomic E-state index is 0.137. The fraction of sp³-hybridized carbons (Fsp3) is 0.533. The van der Waals surface area contributed by atoms with Crippen LogP contribution in [0, 0.1) is 3.57 Å². The van der Waals surface area contributed by atoms with Gasteiger partial charge in [-0.25, -0.2) is 4.79 Å². The normalized spacial score (nSPS) is 10.8. The van der Waals surface area contributed by atoms with Gasteiger partial charge < -0.3 is 15.3 Å². The van der Waals surface area contributed by atoms with Gasteiger partial charge in [-0.2, -0.15) is 0 Å². The molecule has 1 aromatic rings. The Hall–Kier alpha value is -0.980. The highest BCUT2D eigenvalue weighted by molar-refractivity contribution is 14.1. The van der Waals surface area contributed by atoms with E-state index in [1.54, 1.807) is 0 Å². The van der Waals surface area contributed by atoms with Crippen molar-refractivity contribution in [3.8, 4) is 11.5 Å². The lowest BCUT2D eigenvalue weighted by atomic mass is 9.92. The van der Waals surface area contributed by atoms with E-state index in [0.29, 0.717) is 15.6 Å². The highest BCUT2D eigenvalue weighted by Gasteiger charge is 2.25. The van der Waals surface area contributed by atoms with Crippen molar-refractivity contribution >= 4 is 28.6 Å². The van der Waals surface area contributed by atoms with Gasteiger partial charge in [0, 0.05) is 0 Å². The number of aromatic carboxylic acids is 1. The Kier molecular flexibility index (Phi) is 6.58. The number of carbonyl (C=O) groups is 1. The maximum atomic E-state index is 11.4. The summed E-state index contributed by atoms with van der Waals surface area (Å²) in [6, 6.07) is 0. The van der Waals surface area contributed by atoms with Crippen molar-refractivity contribution in [1.29, 1.82) is 0 Å². The molecule has 5 heteroatoms. The van der Waals surface area contributed by atoms with Crippen LogP contribution in [0.25, 0.3) is 0 Å². The van der Waals surface area contributed by atoms with Crippen molar-refractivity contribution in [2.75, 3.05) is 0 Å². The molecule has 4 nitrogen and oxygen atoms in total. The van der Waals surface area contributed by atoms with E-state index in [2.05, 4.69) is 6.92 Å². The molecular formula is C15H21IO4. The summed E-state index contributed by atoms with van der Waals surface area (Å²) < 4.78 is 0.574. The van der Waals surface area contributed by atoms with Crippen LogP contribution in [0.4, 0.5) is 0 Å². The number of unbranched alkanes of at least 4 members (excludes halogenated alkanes) is 2. The lowest BCUT2D eigenvalue weighted by Gasteiger charge is -2.17. The molecule has 112 valence electrons. The molecule has 0 saturated carbocycles. The summed E-state index contributed by atoms with van der Waals surface area (Å²) in [6.45, 7) is 4.11. The van der Waals surface area contributed by atoms with Gasteiger partial charge in [0.05, 0.1) is 3.57 Å². The Morgan fingerprint density at radius 1 is 1.00 bits per heavy atom. The number of benzene rings is 1. The Morgan fingerprint density at radius 2 is 1.50 bits per heavy atom. The van der Waals surface area contributed by atoms with Crippen LogP contribution >= 0.6 is 22.6 Å². The third-order valence-corrected chi connectivity index (χ3v) is 4.54. The number of carboxylic acid groups (broad SMARTS) is 1. The van der Waals surface area contributed by atoms with Crippen molar-refractivity contribution < 1.29 is 20.1 Å². The van der Waals surface area contributed by atoms with Crippen LogP contribution in [0.1, 0.15) is 61.0 Å². The molecular weight excluding hydrogens is 371 g/mol. The van der Waals surface area contributed by atoms with E-state index in [1.165, 1.54) is 0 Å². The molecule has 0 aliphatic rings. The number of carboxylic acids is 1. The summed E-state index contributed by atoms with van der Waals surface area (Å²) in [5.74, 6) is -2.00. The smallest absolute Gasteiger partial charge is 0.339 e. The van der Waals surface area contributed by atoms with Gasteiger partial charge in [-0.3, -0.25) is 0 Å². The van der Waals surface area contributed by atoms with Gasteiger partial charge in [-0.1, -0.05) is 26.7 Å². The molecule has 0 atom stereocenters. The third-order valence-electron chi connectivity index (χ3n) is 3.37. The monoisotopic (exact) mass is 392 g/mol. The van der Waals surface area contributed by atoms with Crippen molar-refractivity contribution in [2.24, 2.45) is 0 Å². The van der Waals surface area contributed by atoms with Crippen LogP contribution in [-0.4, -0.2) is 21.3 Å². The fourth-order valence-corrected chi connectivity index (χ4v) is 3.12. The van der Waals surface area contributed by atoms with Crippen LogP contribution in [0.2, 0.25) is 0 Å². The number of phenols is 2. The molecule has 20 heavy (non-hydrogen) atoms. The van der Waals surface area contributed by atoms with Gasteiger partial charge in [-0.15, -0.1) is 0 Å². The zero-order chi connectivity index (χ0) is 15.3. The van der Waals surface area contributed by atoms with Crippen LogP contribution in [0.3, 0.4) is 0 Å². The molecule has 0 unspecified atom stereocenters. The van der Waals surface area contributed by atoms with E-state index >= 15 is 0 Å². The Labute approximate surface area is 133 Å². The van der Waals surface area contributed by atoms with Crippen LogP contribution in [0.5, 0.6) is 11.5 Å². The van der Waals surface area contributed by atoms with Gasteiger partial charge in [-0.05, 0) is 59.4 Å². The van der Waals surface area contributed by atoms with Crippen molar-refractivity contribution in [2.45, 2.75) is 52.4 Å². The van der Waals surface area contributed by atoms with E-state index in [1.807, 2.05) is 29.5 Å². The van der Waals surface area contributed by atoms with Gasteiger partial charge in [0.2, 0.25) is 0 Å². The number of halogens is 1. The molecule has 0 spiro atoms. The van der Waals surface area contributed by atoms with Gasteiger partial charge in [0.1, 0.15) is 5.56 Å². The maximum Gasteiger partial charge on any atom is 0.339 e. The first-order chi connectivity index (χ1) is 9.45. The minimum atomic E-state index is -1.18. The summed E-state index contributed by atoms with van der Waals surface area (Å²) in [6.07, 6.45) is 5.07. The predicted octanol–water partition coefficient (Wildman–Crippen LogP) is 4.09. The summed E-state index contributed by atoms with van der Waals surface area (Å²) in [5, 5.41) is 29.2. The SMILES string of the molecule is CCCCc1c(I)c(O)c(O)c(C(=O)O)c1CCCC. The van der Waals surface area contributed by atoms with E-state index in [-0.39, 0.29) is 11.3 Å². The van der Waals surface area contributed by atoms with Gasteiger partial charge >= 0.3 is 5.97 Å². The number of phenolic OH excluding ortho intramolecular Hbond substituents is 1. The number of hydrogen-bond acceptors (Lipinski definition) is 3. The second kappa shape index (κ2) is 7.71. The summed E-state index contributed by atoms with van der Waals surface area (Å²) in [7, 11) is 0. The maximum absolute atomic E-state index is 11.4. The highest BCUT2D eigenvalue weighted by atomic mass is 127. The van der Waals surface area contributed by atoms with E-state index in [4.69, 9.17) is 0 Å². The highest BCUT2D eigenvalue weighted by Crippen LogP contribution is 2.40. The third kappa shape index (κ3) is 3.56. The van der Waals surface area contributed by atoms with Crippen molar-refractivity contribution in [3.63, 3.8) is 0 Å². The molecule has 1 aromatic carbocycles. The fourth-order valence-electron chi connectivity index (χ4n) is 2.27. The predicted molar refractivity (Wildman–Crippen MR) is 86.7 cm³/mol. The Bertz CT molecular complexity index is 497. The number of hydrogen-bond donors (Lipinski definition) is 3. The minimum Gasteiger partial charge on any atom is -0.504 e. The molecule has 0 aliphatic carbocycles. The zero-order valence-corrected chi connectivity index (χ0v) is 14.0. The molecule has 0 radical (unpaired) electrons. The van der Waals surface area contributed by atoms with Crippen LogP contribution < -0.4 is 0 Å². The average Bonchev–Trinajstić information content (AvgIpc) is 2.41.